The molecule has 0 bridgehead atoms. The molecular weight excluding hydrogens is 238 g/mol. The molecule has 0 radical (unpaired) electrons. The van der Waals surface area contributed by atoms with Crippen LogP contribution in [-0.2, 0) is 20.5 Å². The predicted molar refractivity (Wildman–Crippen MR) is 75.8 cm³/mol. The summed E-state index contributed by atoms with van der Waals surface area (Å²) in [6.45, 7) is 3.19. The SMILES string of the molecule is CCCNC(CCc1nccn1C)c1nccn1C. The van der Waals surface area contributed by atoms with Crippen LogP contribution in [-0.4, -0.2) is 25.6 Å². The van der Waals surface area contributed by atoms with Crippen LogP contribution in [0.15, 0.2) is 24.8 Å². The summed E-state index contributed by atoms with van der Waals surface area (Å²) >= 11 is 0. The summed E-state index contributed by atoms with van der Waals surface area (Å²) in [5, 5.41) is 3.57. The summed E-state index contributed by atoms with van der Waals surface area (Å²) in [6, 6.07) is 0.289. The van der Waals surface area contributed by atoms with Crippen LogP contribution in [0.4, 0.5) is 0 Å². The fraction of sp³-hybridized carbons (Fsp3) is 0.571. The number of aryl methyl sites for hydroxylation is 3. The van der Waals surface area contributed by atoms with E-state index in [0.717, 1.165) is 37.5 Å². The standard InChI is InChI=1S/C14H23N5/c1-4-7-15-12(14-17-9-11-19(14)3)5-6-13-16-8-10-18(13)2/h8-12,15H,4-7H2,1-3H3. The second kappa shape index (κ2) is 6.52. The third kappa shape index (κ3) is 3.44. The Bertz CT molecular complexity index is 499. The van der Waals surface area contributed by atoms with Gasteiger partial charge >= 0.3 is 0 Å². The van der Waals surface area contributed by atoms with E-state index < -0.39 is 0 Å². The number of imidazole rings is 2. The average molecular weight is 261 g/mol. The Kier molecular flexibility index (Phi) is 4.74. The topological polar surface area (TPSA) is 47.7 Å². The lowest BCUT2D eigenvalue weighted by Crippen LogP contribution is -2.25. The summed E-state index contributed by atoms with van der Waals surface area (Å²) in [4.78, 5) is 8.84. The summed E-state index contributed by atoms with van der Waals surface area (Å²) in [7, 11) is 4.08. The summed E-state index contributed by atoms with van der Waals surface area (Å²) in [5.74, 6) is 2.22. The van der Waals surface area contributed by atoms with Crippen LogP contribution in [0.25, 0.3) is 0 Å². The van der Waals surface area contributed by atoms with Crippen molar-refractivity contribution in [3.8, 4) is 0 Å². The predicted octanol–water partition coefficient (Wildman–Crippen LogP) is 1.83. The Labute approximate surface area is 114 Å². The zero-order chi connectivity index (χ0) is 13.7. The fourth-order valence-electron chi connectivity index (χ4n) is 2.26. The first-order valence-electron chi connectivity index (χ1n) is 6.89. The molecule has 0 aliphatic rings. The van der Waals surface area contributed by atoms with E-state index in [1.54, 1.807) is 0 Å². The highest BCUT2D eigenvalue weighted by atomic mass is 15.1. The largest absolute Gasteiger partial charge is 0.338 e. The van der Waals surface area contributed by atoms with Gasteiger partial charge in [-0.25, -0.2) is 9.97 Å². The molecule has 2 rings (SSSR count). The van der Waals surface area contributed by atoms with Crippen LogP contribution in [0.3, 0.4) is 0 Å². The maximum absolute atomic E-state index is 4.46. The number of rotatable bonds is 7. The Hall–Kier alpha value is -1.62. The van der Waals surface area contributed by atoms with Gasteiger partial charge < -0.3 is 14.5 Å². The van der Waals surface area contributed by atoms with Gasteiger partial charge in [0.2, 0.25) is 0 Å². The van der Waals surface area contributed by atoms with Gasteiger partial charge in [0.1, 0.15) is 11.6 Å². The molecule has 1 unspecified atom stereocenters. The minimum Gasteiger partial charge on any atom is -0.338 e. The van der Waals surface area contributed by atoms with Gasteiger partial charge in [0, 0.05) is 45.3 Å². The molecule has 0 saturated carbocycles. The molecule has 0 aliphatic heterocycles. The number of aromatic nitrogens is 4. The highest BCUT2D eigenvalue weighted by molar-refractivity contribution is 5.01. The van der Waals surface area contributed by atoms with Gasteiger partial charge in [-0.05, 0) is 19.4 Å². The van der Waals surface area contributed by atoms with Crippen molar-refractivity contribution in [1.82, 2.24) is 24.4 Å². The Morgan fingerprint density at radius 1 is 1.16 bits per heavy atom. The smallest absolute Gasteiger partial charge is 0.125 e. The molecule has 0 fully saturated rings. The van der Waals surface area contributed by atoms with Crippen molar-refractivity contribution >= 4 is 0 Å². The minimum absolute atomic E-state index is 0.289. The highest BCUT2D eigenvalue weighted by Crippen LogP contribution is 2.16. The third-order valence-electron chi connectivity index (χ3n) is 3.39. The van der Waals surface area contributed by atoms with Gasteiger partial charge in [-0.2, -0.15) is 0 Å². The van der Waals surface area contributed by atoms with E-state index >= 15 is 0 Å². The van der Waals surface area contributed by atoms with Crippen molar-refractivity contribution < 1.29 is 0 Å². The number of hydrogen-bond acceptors (Lipinski definition) is 3. The average Bonchev–Trinajstić information content (AvgIpc) is 2.99. The number of nitrogens with one attached hydrogen (secondary N) is 1. The summed E-state index contributed by atoms with van der Waals surface area (Å²) < 4.78 is 4.17. The van der Waals surface area contributed by atoms with Crippen molar-refractivity contribution in [1.29, 1.82) is 0 Å². The summed E-state index contributed by atoms with van der Waals surface area (Å²) in [6.07, 6.45) is 10.8. The van der Waals surface area contributed by atoms with E-state index in [2.05, 4.69) is 31.3 Å². The molecule has 0 aromatic carbocycles. The Morgan fingerprint density at radius 3 is 2.47 bits per heavy atom. The van der Waals surface area contributed by atoms with Gasteiger partial charge in [0.05, 0.1) is 6.04 Å². The quantitative estimate of drug-likeness (QED) is 0.827. The normalized spacial score (nSPS) is 12.8. The van der Waals surface area contributed by atoms with Crippen LogP contribution in [0, 0.1) is 0 Å². The number of nitrogens with zero attached hydrogens (tertiary/aromatic N) is 4. The second-order valence-electron chi connectivity index (χ2n) is 4.90. The Morgan fingerprint density at radius 2 is 1.89 bits per heavy atom. The van der Waals surface area contributed by atoms with E-state index in [0.29, 0.717) is 0 Å². The maximum atomic E-state index is 4.46. The zero-order valence-corrected chi connectivity index (χ0v) is 12.0. The van der Waals surface area contributed by atoms with Crippen molar-refractivity contribution in [3.05, 3.63) is 36.4 Å². The lowest BCUT2D eigenvalue weighted by molar-refractivity contribution is 0.459. The fourth-order valence-corrected chi connectivity index (χ4v) is 2.26. The van der Waals surface area contributed by atoms with Gasteiger partial charge in [-0.1, -0.05) is 6.92 Å². The molecule has 0 spiro atoms. The number of hydrogen-bond donors (Lipinski definition) is 1. The molecule has 0 amide bonds. The molecule has 2 aromatic rings. The molecule has 5 nitrogen and oxygen atoms in total. The van der Waals surface area contributed by atoms with E-state index in [-0.39, 0.29) is 6.04 Å². The molecule has 19 heavy (non-hydrogen) atoms. The molecule has 0 saturated heterocycles. The first-order valence-corrected chi connectivity index (χ1v) is 6.89. The Balaban J connectivity index is 2.02. The lowest BCUT2D eigenvalue weighted by atomic mass is 10.1. The second-order valence-corrected chi connectivity index (χ2v) is 4.90. The van der Waals surface area contributed by atoms with Crippen LogP contribution in [0.2, 0.25) is 0 Å². The van der Waals surface area contributed by atoms with Crippen LogP contribution in [0.5, 0.6) is 0 Å². The molecule has 2 heterocycles. The van der Waals surface area contributed by atoms with E-state index in [1.165, 1.54) is 0 Å². The molecule has 104 valence electrons. The van der Waals surface area contributed by atoms with Crippen LogP contribution in [0.1, 0.15) is 37.5 Å². The van der Waals surface area contributed by atoms with Gasteiger partial charge in [0.15, 0.2) is 0 Å². The highest BCUT2D eigenvalue weighted by Gasteiger charge is 2.15. The van der Waals surface area contributed by atoms with Crippen LogP contribution >= 0.6 is 0 Å². The molecule has 2 aromatic heterocycles. The summed E-state index contributed by atoms with van der Waals surface area (Å²) in [5.41, 5.74) is 0. The molecule has 1 N–H and O–H groups in total. The van der Waals surface area contributed by atoms with E-state index in [9.17, 15) is 0 Å². The van der Waals surface area contributed by atoms with Crippen molar-refractivity contribution in [2.24, 2.45) is 14.1 Å². The van der Waals surface area contributed by atoms with Gasteiger partial charge in [-0.15, -0.1) is 0 Å². The molecule has 1 atom stereocenters. The first-order chi connectivity index (χ1) is 9.22. The molecule has 0 aliphatic carbocycles. The minimum atomic E-state index is 0.289. The van der Waals surface area contributed by atoms with Gasteiger partial charge in [0.25, 0.3) is 0 Å². The van der Waals surface area contributed by atoms with E-state index in [1.807, 2.05) is 38.9 Å². The maximum Gasteiger partial charge on any atom is 0.125 e. The lowest BCUT2D eigenvalue weighted by Gasteiger charge is -2.18. The zero-order valence-electron chi connectivity index (χ0n) is 12.0. The molecular formula is C14H23N5. The third-order valence-corrected chi connectivity index (χ3v) is 3.39. The first kappa shape index (κ1) is 13.8. The van der Waals surface area contributed by atoms with Crippen molar-refractivity contribution in [2.75, 3.05) is 6.54 Å². The monoisotopic (exact) mass is 261 g/mol. The van der Waals surface area contributed by atoms with Crippen LogP contribution < -0.4 is 5.32 Å². The van der Waals surface area contributed by atoms with E-state index in [4.69, 9.17) is 0 Å². The van der Waals surface area contributed by atoms with Crippen molar-refractivity contribution in [2.45, 2.75) is 32.2 Å². The van der Waals surface area contributed by atoms with Gasteiger partial charge in [-0.3, -0.25) is 0 Å². The molecule has 5 heteroatoms. The van der Waals surface area contributed by atoms with Crippen molar-refractivity contribution in [3.63, 3.8) is 0 Å².